The van der Waals surface area contributed by atoms with E-state index in [1.807, 2.05) is 0 Å². The number of nitrogens with one attached hydrogen (secondary N) is 1. The van der Waals surface area contributed by atoms with Crippen molar-refractivity contribution in [2.75, 3.05) is 20.1 Å². The Kier molecular flexibility index (Phi) is 5.48. The summed E-state index contributed by atoms with van der Waals surface area (Å²) in [5, 5.41) is 2.86. The summed E-state index contributed by atoms with van der Waals surface area (Å²) < 4.78 is 39.3. The van der Waals surface area contributed by atoms with E-state index in [9.17, 15) is 12.8 Å². The molecule has 0 unspecified atom stereocenters. The Hall–Kier alpha value is -1.42. The molecule has 0 aliphatic rings. The maximum Gasteiger partial charge on any atom is 0.244 e. The van der Waals surface area contributed by atoms with Gasteiger partial charge in [0.05, 0.1) is 11.4 Å². The van der Waals surface area contributed by atoms with Gasteiger partial charge in [0.2, 0.25) is 10.0 Å². The summed E-state index contributed by atoms with van der Waals surface area (Å²) in [6, 6.07) is 3.73. The number of hydrogen-bond acceptors (Lipinski definition) is 3. The van der Waals surface area contributed by atoms with Crippen molar-refractivity contribution in [1.29, 1.82) is 0 Å². The third-order valence-electron chi connectivity index (χ3n) is 2.63. The third kappa shape index (κ3) is 3.53. The standard InChI is InChI=1S/C13H17FN2O2S/c1-4-8-16(5-2)19(17,18)13-9-12(14)7-6-11(13)10-15-3/h1,6-7,9,15H,5,8,10H2,2-3H3. The molecule has 0 aromatic heterocycles. The summed E-state index contributed by atoms with van der Waals surface area (Å²) in [5.41, 5.74) is 0.513. The molecule has 1 rings (SSSR count). The summed E-state index contributed by atoms with van der Waals surface area (Å²) >= 11 is 0. The van der Waals surface area contributed by atoms with Crippen molar-refractivity contribution in [3.05, 3.63) is 29.6 Å². The first kappa shape index (κ1) is 15.6. The van der Waals surface area contributed by atoms with Crippen molar-refractivity contribution in [2.24, 2.45) is 0 Å². The van der Waals surface area contributed by atoms with Crippen LogP contribution in [0.4, 0.5) is 4.39 Å². The minimum atomic E-state index is -3.78. The second-order valence-electron chi connectivity index (χ2n) is 3.92. The summed E-state index contributed by atoms with van der Waals surface area (Å²) in [5.74, 6) is 1.71. The number of rotatable bonds is 6. The van der Waals surface area contributed by atoms with E-state index in [0.717, 1.165) is 10.4 Å². The minimum absolute atomic E-state index is 0.0334. The summed E-state index contributed by atoms with van der Waals surface area (Å²) in [7, 11) is -2.08. The van der Waals surface area contributed by atoms with E-state index in [1.165, 1.54) is 12.1 Å². The van der Waals surface area contributed by atoms with Crippen LogP contribution >= 0.6 is 0 Å². The molecular weight excluding hydrogens is 267 g/mol. The van der Waals surface area contributed by atoms with Crippen LogP contribution in [0.15, 0.2) is 23.1 Å². The van der Waals surface area contributed by atoms with Gasteiger partial charge in [-0.1, -0.05) is 18.9 Å². The Morgan fingerprint density at radius 3 is 2.68 bits per heavy atom. The average Bonchev–Trinajstić information content (AvgIpc) is 2.38. The Morgan fingerprint density at radius 1 is 1.47 bits per heavy atom. The molecule has 0 heterocycles. The zero-order chi connectivity index (χ0) is 14.5. The predicted octanol–water partition coefficient (Wildman–Crippen LogP) is 1.19. The van der Waals surface area contributed by atoms with Gasteiger partial charge in [0.1, 0.15) is 5.82 Å². The van der Waals surface area contributed by atoms with Gasteiger partial charge in [-0.05, 0) is 24.7 Å². The Balaban J connectivity index is 3.34. The van der Waals surface area contributed by atoms with Crippen LogP contribution in [0.3, 0.4) is 0 Å². The van der Waals surface area contributed by atoms with Crippen LogP contribution in [-0.2, 0) is 16.6 Å². The van der Waals surface area contributed by atoms with E-state index in [4.69, 9.17) is 6.42 Å². The van der Waals surface area contributed by atoms with Gasteiger partial charge in [0, 0.05) is 13.1 Å². The summed E-state index contributed by atoms with van der Waals surface area (Å²) in [6.07, 6.45) is 5.16. The molecule has 0 aliphatic carbocycles. The lowest BCUT2D eigenvalue weighted by molar-refractivity contribution is 0.462. The van der Waals surface area contributed by atoms with Crippen molar-refractivity contribution in [2.45, 2.75) is 18.4 Å². The van der Waals surface area contributed by atoms with Crippen LogP contribution < -0.4 is 5.32 Å². The molecule has 6 heteroatoms. The van der Waals surface area contributed by atoms with Crippen molar-refractivity contribution in [3.63, 3.8) is 0 Å². The fraction of sp³-hybridized carbons (Fsp3) is 0.385. The number of terminal acetylenes is 1. The highest BCUT2D eigenvalue weighted by Crippen LogP contribution is 2.21. The second-order valence-corrected chi connectivity index (χ2v) is 5.82. The molecule has 0 amide bonds. The average molecular weight is 284 g/mol. The molecule has 0 atom stereocenters. The molecule has 1 N–H and O–H groups in total. The van der Waals surface area contributed by atoms with Gasteiger partial charge in [-0.25, -0.2) is 12.8 Å². The van der Waals surface area contributed by atoms with Crippen LogP contribution in [0.2, 0.25) is 0 Å². The molecule has 0 saturated carbocycles. The highest BCUT2D eigenvalue weighted by atomic mass is 32.2. The first-order chi connectivity index (χ1) is 8.97. The van der Waals surface area contributed by atoms with Crippen LogP contribution in [0, 0.1) is 18.2 Å². The first-order valence-electron chi connectivity index (χ1n) is 5.84. The maximum atomic E-state index is 13.3. The van der Waals surface area contributed by atoms with Gasteiger partial charge in [0.15, 0.2) is 0 Å². The zero-order valence-corrected chi connectivity index (χ0v) is 11.8. The largest absolute Gasteiger partial charge is 0.316 e. The fourth-order valence-electron chi connectivity index (χ4n) is 1.71. The van der Waals surface area contributed by atoms with Crippen LogP contribution in [0.1, 0.15) is 12.5 Å². The van der Waals surface area contributed by atoms with E-state index in [-0.39, 0.29) is 18.0 Å². The molecule has 104 valence electrons. The molecule has 0 radical (unpaired) electrons. The SMILES string of the molecule is C#CCN(CC)S(=O)(=O)c1cc(F)ccc1CNC. The zero-order valence-electron chi connectivity index (χ0n) is 11.0. The molecule has 0 fully saturated rings. The van der Waals surface area contributed by atoms with Crippen LogP contribution in [0.5, 0.6) is 0 Å². The minimum Gasteiger partial charge on any atom is -0.316 e. The predicted molar refractivity (Wildman–Crippen MR) is 72.4 cm³/mol. The summed E-state index contributed by atoms with van der Waals surface area (Å²) in [4.78, 5) is -0.0426. The molecule has 0 bridgehead atoms. The second kappa shape index (κ2) is 6.66. The highest BCUT2D eigenvalue weighted by molar-refractivity contribution is 7.89. The number of sulfonamides is 1. The monoisotopic (exact) mass is 284 g/mol. The number of halogens is 1. The topological polar surface area (TPSA) is 49.4 Å². The van der Waals surface area contributed by atoms with Gasteiger partial charge in [0.25, 0.3) is 0 Å². The first-order valence-corrected chi connectivity index (χ1v) is 7.28. The smallest absolute Gasteiger partial charge is 0.244 e. The third-order valence-corrected chi connectivity index (χ3v) is 4.64. The van der Waals surface area contributed by atoms with Crippen molar-refractivity contribution in [1.82, 2.24) is 9.62 Å². The quantitative estimate of drug-likeness (QED) is 0.798. The van der Waals surface area contributed by atoms with Crippen LogP contribution in [0.25, 0.3) is 0 Å². The lowest BCUT2D eigenvalue weighted by Gasteiger charge is -2.20. The Bertz CT molecular complexity index is 579. The molecule has 0 aliphatic heterocycles. The van der Waals surface area contributed by atoms with E-state index in [0.29, 0.717) is 12.1 Å². The van der Waals surface area contributed by atoms with Crippen molar-refractivity contribution < 1.29 is 12.8 Å². The lowest BCUT2D eigenvalue weighted by atomic mass is 10.2. The molecule has 4 nitrogen and oxygen atoms in total. The number of hydrogen-bond donors (Lipinski definition) is 1. The molecule has 1 aromatic carbocycles. The molecule has 0 spiro atoms. The molecule has 0 saturated heterocycles. The van der Waals surface area contributed by atoms with Crippen molar-refractivity contribution in [3.8, 4) is 12.3 Å². The molecular formula is C13H17FN2O2S. The van der Waals surface area contributed by atoms with E-state index >= 15 is 0 Å². The summed E-state index contributed by atoms with van der Waals surface area (Å²) in [6.45, 7) is 2.23. The van der Waals surface area contributed by atoms with Gasteiger partial charge in [-0.15, -0.1) is 6.42 Å². The van der Waals surface area contributed by atoms with Gasteiger partial charge in [-0.2, -0.15) is 4.31 Å². The lowest BCUT2D eigenvalue weighted by Crippen LogP contribution is -2.32. The van der Waals surface area contributed by atoms with Crippen LogP contribution in [-0.4, -0.2) is 32.9 Å². The van der Waals surface area contributed by atoms with Crippen molar-refractivity contribution >= 4 is 10.0 Å². The Labute approximate surface area is 113 Å². The van der Waals surface area contributed by atoms with Gasteiger partial charge >= 0.3 is 0 Å². The van der Waals surface area contributed by atoms with Gasteiger partial charge < -0.3 is 5.32 Å². The fourth-order valence-corrected chi connectivity index (χ4v) is 3.31. The van der Waals surface area contributed by atoms with E-state index in [1.54, 1.807) is 14.0 Å². The highest BCUT2D eigenvalue weighted by Gasteiger charge is 2.25. The maximum absolute atomic E-state index is 13.3. The Morgan fingerprint density at radius 2 is 2.16 bits per heavy atom. The van der Waals surface area contributed by atoms with E-state index in [2.05, 4.69) is 11.2 Å². The van der Waals surface area contributed by atoms with Gasteiger partial charge in [-0.3, -0.25) is 0 Å². The van der Waals surface area contributed by atoms with E-state index < -0.39 is 15.8 Å². The number of benzene rings is 1. The molecule has 19 heavy (non-hydrogen) atoms. The molecule has 1 aromatic rings. The number of nitrogens with zero attached hydrogens (tertiary/aromatic N) is 1. The normalized spacial score (nSPS) is 11.5.